The lowest BCUT2D eigenvalue weighted by Gasteiger charge is -2.14. The van der Waals surface area contributed by atoms with Crippen LogP contribution in [0.3, 0.4) is 0 Å². The topological polar surface area (TPSA) is 33.0 Å². The number of hydrogen-bond acceptors (Lipinski definition) is 3. The highest BCUT2D eigenvalue weighted by atomic mass is 32.2. The van der Waals surface area contributed by atoms with Crippen molar-refractivity contribution in [3.05, 3.63) is 22.8 Å². The van der Waals surface area contributed by atoms with Gasteiger partial charge in [0.1, 0.15) is 5.75 Å². The van der Waals surface area contributed by atoms with E-state index >= 15 is 0 Å². The average molecular weight is 221 g/mol. The maximum absolute atomic E-state index is 8.58. The summed E-state index contributed by atoms with van der Waals surface area (Å²) in [5.41, 5.74) is 3.55. The van der Waals surface area contributed by atoms with Crippen LogP contribution in [0.15, 0.2) is 11.0 Å². The Hall–Kier alpha value is -1.14. The molecule has 80 valence electrons. The van der Waals surface area contributed by atoms with Crippen LogP contribution < -0.4 is 4.74 Å². The molecule has 0 atom stereocenters. The maximum atomic E-state index is 8.58. The number of thioether (sulfide) groups is 1. The van der Waals surface area contributed by atoms with Gasteiger partial charge in [-0.3, -0.25) is 0 Å². The number of nitriles is 1. The summed E-state index contributed by atoms with van der Waals surface area (Å²) >= 11 is 1.59. The van der Waals surface area contributed by atoms with Crippen LogP contribution in [0.1, 0.15) is 16.7 Å². The van der Waals surface area contributed by atoms with Gasteiger partial charge in [0.05, 0.1) is 18.9 Å². The Morgan fingerprint density at radius 1 is 1.33 bits per heavy atom. The summed E-state index contributed by atoms with van der Waals surface area (Å²) in [6.45, 7) is 6.17. The molecule has 0 aliphatic rings. The van der Waals surface area contributed by atoms with Gasteiger partial charge < -0.3 is 4.74 Å². The third kappa shape index (κ3) is 2.45. The molecule has 0 radical (unpaired) electrons. The molecule has 0 aromatic heterocycles. The molecule has 3 heteroatoms. The largest absolute Gasteiger partial charge is 0.496 e. The van der Waals surface area contributed by atoms with Gasteiger partial charge in [-0.25, -0.2) is 0 Å². The van der Waals surface area contributed by atoms with Crippen molar-refractivity contribution >= 4 is 11.8 Å². The number of rotatable bonds is 3. The van der Waals surface area contributed by atoms with Crippen LogP contribution in [0.2, 0.25) is 0 Å². The highest BCUT2D eigenvalue weighted by Crippen LogP contribution is 2.33. The SMILES string of the molecule is COc1cc(C)c(SCC#N)c(C)c1C. The predicted molar refractivity (Wildman–Crippen MR) is 63.5 cm³/mol. The van der Waals surface area contributed by atoms with Crippen molar-refractivity contribution < 1.29 is 4.74 Å². The van der Waals surface area contributed by atoms with E-state index in [1.165, 1.54) is 16.0 Å². The van der Waals surface area contributed by atoms with E-state index in [-0.39, 0.29) is 0 Å². The zero-order valence-corrected chi connectivity index (χ0v) is 10.4. The van der Waals surface area contributed by atoms with Crippen molar-refractivity contribution in [2.75, 3.05) is 12.9 Å². The molecule has 0 bridgehead atoms. The van der Waals surface area contributed by atoms with E-state index in [0.29, 0.717) is 5.75 Å². The summed E-state index contributed by atoms with van der Waals surface area (Å²) in [5.74, 6) is 1.42. The molecular formula is C12H15NOS. The van der Waals surface area contributed by atoms with E-state index in [9.17, 15) is 0 Å². The standard InChI is InChI=1S/C12H15NOS/c1-8-7-11(14-4)9(2)10(3)12(8)15-6-5-13/h7H,6H2,1-4H3. The molecule has 0 saturated heterocycles. The number of aryl methyl sites for hydroxylation is 1. The summed E-state index contributed by atoms with van der Waals surface area (Å²) in [6.07, 6.45) is 0. The molecule has 1 rings (SSSR count). The fraction of sp³-hybridized carbons (Fsp3) is 0.417. The van der Waals surface area contributed by atoms with Crippen molar-refractivity contribution in [2.24, 2.45) is 0 Å². The van der Waals surface area contributed by atoms with E-state index in [1.807, 2.05) is 13.0 Å². The Morgan fingerprint density at radius 2 is 2.00 bits per heavy atom. The summed E-state index contributed by atoms with van der Waals surface area (Å²) in [4.78, 5) is 1.20. The Labute approximate surface area is 95.3 Å². The van der Waals surface area contributed by atoms with Gasteiger partial charge in [0.25, 0.3) is 0 Å². The number of benzene rings is 1. The van der Waals surface area contributed by atoms with Crippen LogP contribution >= 0.6 is 11.8 Å². The Bertz CT molecular complexity index is 407. The van der Waals surface area contributed by atoms with Crippen LogP contribution in [0.5, 0.6) is 5.75 Å². The first kappa shape index (κ1) is 11.9. The zero-order valence-electron chi connectivity index (χ0n) is 9.55. The molecular weight excluding hydrogens is 206 g/mol. The fourth-order valence-corrected chi connectivity index (χ4v) is 2.42. The van der Waals surface area contributed by atoms with Gasteiger partial charge in [-0.1, -0.05) is 0 Å². The van der Waals surface area contributed by atoms with Crippen LogP contribution in [-0.2, 0) is 0 Å². The van der Waals surface area contributed by atoms with Gasteiger partial charge >= 0.3 is 0 Å². The second kappa shape index (κ2) is 5.09. The molecule has 0 unspecified atom stereocenters. The van der Waals surface area contributed by atoms with E-state index < -0.39 is 0 Å². The third-order valence-electron chi connectivity index (χ3n) is 2.48. The Balaban J connectivity index is 3.18. The highest BCUT2D eigenvalue weighted by Gasteiger charge is 2.10. The van der Waals surface area contributed by atoms with Gasteiger partial charge in [0.15, 0.2) is 0 Å². The average Bonchev–Trinajstić information content (AvgIpc) is 2.23. The van der Waals surface area contributed by atoms with Crippen LogP contribution in [0.4, 0.5) is 0 Å². The Morgan fingerprint density at radius 3 is 2.53 bits per heavy atom. The van der Waals surface area contributed by atoms with Crippen molar-refractivity contribution in [1.29, 1.82) is 5.26 Å². The lowest BCUT2D eigenvalue weighted by molar-refractivity contribution is 0.410. The molecule has 2 nitrogen and oxygen atoms in total. The molecule has 0 fully saturated rings. The van der Waals surface area contributed by atoms with Gasteiger partial charge in [-0.05, 0) is 43.5 Å². The van der Waals surface area contributed by atoms with Gasteiger partial charge in [0.2, 0.25) is 0 Å². The normalized spacial score (nSPS) is 9.80. The van der Waals surface area contributed by atoms with Crippen LogP contribution in [0.25, 0.3) is 0 Å². The molecule has 0 aliphatic heterocycles. The molecule has 0 N–H and O–H groups in total. The molecule has 0 aliphatic carbocycles. The molecule has 0 spiro atoms. The van der Waals surface area contributed by atoms with E-state index in [1.54, 1.807) is 18.9 Å². The maximum Gasteiger partial charge on any atom is 0.122 e. The van der Waals surface area contributed by atoms with Crippen molar-refractivity contribution in [1.82, 2.24) is 0 Å². The first-order chi connectivity index (χ1) is 7.11. The van der Waals surface area contributed by atoms with Crippen molar-refractivity contribution in [3.8, 4) is 11.8 Å². The first-order valence-electron chi connectivity index (χ1n) is 4.76. The summed E-state index contributed by atoms with van der Waals surface area (Å²) in [5, 5.41) is 8.58. The smallest absolute Gasteiger partial charge is 0.122 e. The molecule has 1 aromatic carbocycles. The molecule has 0 saturated carbocycles. The lowest BCUT2D eigenvalue weighted by Crippen LogP contribution is -1.95. The van der Waals surface area contributed by atoms with Gasteiger partial charge in [-0.15, -0.1) is 11.8 Å². The third-order valence-corrected chi connectivity index (χ3v) is 3.67. The quantitative estimate of drug-likeness (QED) is 0.735. The van der Waals surface area contributed by atoms with E-state index in [0.717, 1.165) is 11.3 Å². The second-order valence-corrected chi connectivity index (χ2v) is 4.41. The lowest BCUT2D eigenvalue weighted by atomic mass is 10.1. The molecule has 15 heavy (non-hydrogen) atoms. The van der Waals surface area contributed by atoms with Gasteiger partial charge in [0, 0.05) is 4.90 Å². The van der Waals surface area contributed by atoms with Crippen molar-refractivity contribution in [3.63, 3.8) is 0 Å². The summed E-state index contributed by atoms with van der Waals surface area (Å²) < 4.78 is 5.29. The van der Waals surface area contributed by atoms with Gasteiger partial charge in [-0.2, -0.15) is 5.26 Å². The minimum absolute atomic E-state index is 0.494. The number of ether oxygens (including phenoxy) is 1. The number of hydrogen-bond donors (Lipinski definition) is 0. The second-order valence-electron chi connectivity index (χ2n) is 3.42. The predicted octanol–water partition coefficient (Wildman–Crippen LogP) is 3.24. The zero-order chi connectivity index (χ0) is 11.4. The van der Waals surface area contributed by atoms with Crippen molar-refractivity contribution in [2.45, 2.75) is 25.7 Å². The molecule has 0 heterocycles. The van der Waals surface area contributed by atoms with Crippen LogP contribution in [-0.4, -0.2) is 12.9 Å². The first-order valence-corrected chi connectivity index (χ1v) is 5.75. The number of methoxy groups -OCH3 is 1. The molecule has 1 aromatic rings. The number of nitrogens with zero attached hydrogens (tertiary/aromatic N) is 1. The highest BCUT2D eigenvalue weighted by molar-refractivity contribution is 7.99. The monoisotopic (exact) mass is 221 g/mol. The summed E-state index contributed by atoms with van der Waals surface area (Å²) in [6, 6.07) is 4.18. The minimum Gasteiger partial charge on any atom is -0.496 e. The van der Waals surface area contributed by atoms with E-state index in [4.69, 9.17) is 10.00 Å². The minimum atomic E-state index is 0.494. The van der Waals surface area contributed by atoms with E-state index in [2.05, 4.69) is 19.9 Å². The molecule has 0 amide bonds. The Kier molecular flexibility index (Phi) is 4.05. The van der Waals surface area contributed by atoms with Crippen LogP contribution in [0, 0.1) is 32.1 Å². The fourth-order valence-electron chi connectivity index (χ4n) is 1.56. The summed E-state index contributed by atoms with van der Waals surface area (Å²) in [7, 11) is 1.68.